The van der Waals surface area contributed by atoms with Crippen LogP contribution in [-0.4, -0.2) is 39.1 Å². The lowest BCUT2D eigenvalue weighted by Gasteiger charge is -2.24. The molecule has 0 saturated carbocycles. The number of amides is 1. The quantitative estimate of drug-likeness (QED) is 0.200. The van der Waals surface area contributed by atoms with E-state index in [1.54, 1.807) is 14.1 Å². The largest absolute Gasteiger partial charge is 0.359 e. The van der Waals surface area contributed by atoms with Crippen molar-refractivity contribution in [3.8, 4) is 0 Å². The highest BCUT2D eigenvalue weighted by molar-refractivity contribution is 14.0. The van der Waals surface area contributed by atoms with Crippen LogP contribution in [0.2, 0.25) is 0 Å². The van der Waals surface area contributed by atoms with Crippen molar-refractivity contribution < 1.29 is 4.79 Å². The van der Waals surface area contributed by atoms with Crippen LogP contribution in [0.4, 0.5) is 0 Å². The molecule has 0 aromatic heterocycles. The first kappa shape index (κ1) is 24.7. The normalized spacial score (nSPS) is 11.6. The molecular weight excluding hydrogens is 403 g/mol. The van der Waals surface area contributed by atoms with Gasteiger partial charge in [-0.05, 0) is 20.3 Å². The summed E-state index contributed by atoms with van der Waals surface area (Å²) in [5.74, 6) is 0.797. The number of carbonyl (C=O) groups is 1. The molecule has 0 spiro atoms. The van der Waals surface area contributed by atoms with Crippen molar-refractivity contribution in [3.05, 3.63) is 0 Å². The van der Waals surface area contributed by atoms with Crippen LogP contribution in [-0.2, 0) is 4.79 Å². The zero-order valence-corrected chi connectivity index (χ0v) is 18.0. The fourth-order valence-corrected chi connectivity index (χ4v) is 2.23. The molecule has 0 bridgehead atoms. The third-order valence-corrected chi connectivity index (χ3v) is 3.84. The van der Waals surface area contributed by atoms with Gasteiger partial charge in [0.05, 0.1) is 5.41 Å². The number of carbonyl (C=O) groups excluding carboxylic acids is 1. The zero-order valence-electron chi connectivity index (χ0n) is 15.6. The second-order valence-electron chi connectivity index (χ2n) is 6.44. The molecule has 138 valence electrons. The van der Waals surface area contributed by atoms with Gasteiger partial charge in [-0.15, -0.1) is 24.0 Å². The Hall–Kier alpha value is -0.530. The van der Waals surface area contributed by atoms with Gasteiger partial charge in [0.2, 0.25) is 5.91 Å². The molecular formula is C17H37IN4O. The summed E-state index contributed by atoms with van der Waals surface area (Å²) in [5.41, 5.74) is -0.453. The van der Waals surface area contributed by atoms with Gasteiger partial charge in [0.1, 0.15) is 0 Å². The lowest BCUT2D eigenvalue weighted by atomic mass is 9.92. The van der Waals surface area contributed by atoms with E-state index in [0.717, 1.165) is 18.9 Å². The molecule has 6 heteroatoms. The highest BCUT2D eigenvalue weighted by atomic mass is 127. The van der Waals surface area contributed by atoms with Crippen molar-refractivity contribution >= 4 is 35.8 Å². The molecule has 0 saturated heterocycles. The van der Waals surface area contributed by atoms with E-state index in [4.69, 9.17) is 0 Å². The Morgan fingerprint density at radius 3 is 2.09 bits per heavy atom. The molecule has 5 nitrogen and oxygen atoms in total. The molecule has 0 aromatic carbocycles. The average Bonchev–Trinajstić information content (AvgIpc) is 2.51. The third kappa shape index (κ3) is 12.5. The molecule has 1 amide bonds. The SMILES string of the molecule is CCCCCCCCCNC(=NC)NCC(C)(C)C(=O)NC.I. The summed E-state index contributed by atoms with van der Waals surface area (Å²) in [5, 5.41) is 9.22. The Bertz CT molecular complexity index is 333. The number of nitrogens with one attached hydrogen (secondary N) is 3. The standard InChI is InChI=1S/C17H36N4O.HI/c1-6-7-8-9-10-11-12-13-20-16(19-5)21-14-17(2,3)15(22)18-4;/h6-14H2,1-5H3,(H,18,22)(H2,19,20,21);1H. The fraction of sp³-hybridized carbons (Fsp3) is 0.882. The molecule has 0 aliphatic carbocycles. The summed E-state index contributed by atoms with van der Waals surface area (Å²) in [6.07, 6.45) is 9.11. The number of rotatable bonds is 11. The summed E-state index contributed by atoms with van der Waals surface area (Å²) in [6.45, 7) is 7.57. The maximum atomic E-state index is 11.7. The summed E-state index contributed by atoms with van der Waals surface area (Å²) >= 11 is 0. The predicted molar refractivity (Wildman–Crippen MR) is 111 cm³/mol. The van der Waals surface area contributed by atoms with Crippen LogP contribution >= 0.6 is 24.0 Å². The Kier molecular flexibility index (Phi) is 16.1. The van der Waals surface area contributed by atoms with Gasteiger partial charge in [-0.1, -0.05) is 45.4 Å². The number of hydrogen-bond acceptors (Lipinski definition) is 2. The number of unbranched alkanes of at least 4 members (excludes halogenated alkanes) is 6. The van der Waals surface area contributed by atoms with Crippen LogP contribution in [0.3, 0.4) is 0 Å². The second-order valence-corrected chi connectivity index (χ2v) is 6.44. The monoisotopic (exact) mass is 440 g/mol. The van der Waals surface area contributed by atoms with Crippen LogP contribution in [0.5, 0.6) is 0 Å². The number of guanidine groups is 1. The first-order valence-corrected chi connectivity index (χ1v) is 8.64. The van der Waals surface area contributed by atoms with Crippen molar-refractivity contribution in [2.75, 3.05) is 27.2 Å². The highest BCUT2D eigenvalue weighted by Crippen LogP contribution is 2.12. The summed E-state index contributed by atoms with van der Waals surface area (Å²) in [6, 6.07) is 0. The molecule has 23 heavy (non-hydrogen) atoms. The van der Waals surface area contributed by atoms with Crippen molar-refractivity contribution in [2.45, 2.75) is 65.7 Å². The van der Waals surface area contributed by atoms with Crippen LogP contribution < -0.4 is 16.0 Å². The molecule has 0 atom stereocenters. The molecule has 0 unspecified atom stereocenters. The average molecular weight is 440 g/mol. The van der Waals surface area contributed by atoms with E-state index in [1.807, 2.05) is 13.8 Å². The second kappa shape index (κ2) is 15.0. The van der Waals surface area contributed by atoms with E-state index in [1.165, 1.54) is 38.5 Å². The molecule has 0 radical (unpaired) electrons. The number of halogens is 1. The summed E-state index contributed by atoms with van der Waals surface area (Å²) in [4.78, 5) is 15.9. The molecule has 0 fully saturated rings. The maximum Gasteiger partial charge on any atom is 0.227 e. The molecule has 0 aliphatic rings. The Morgan fingerprint density at radius 2 is 1.57 bits per heavy atom. The maximum absolute atomic E-state index is 11.7. The first-order valence-electron chi connectivity index (χ1n) is 8.64. The van der Waals surface area contributed by atoms with Gasteiger partial charge in [0.15, 0.2) is 5.96 Å². The third-order valence-electron chi connectivity index (χ3n) is 3.84. The minimum atomic E-state index is -0.453. The number of nitrogens with zero attached hydrogens (tertiary/aromatic N) is 1. The lowest BCUT2D eigenvalue weighted by Crippen LogP contribution is -2.47. The minimum absolute atomic E-state index is 0. The van der Waals surface area contributed by atoms with E-state index in [-0.39, 0.29) is 29.9 Å². The molecule has 3 N–H and O–H groups in total. The van der Waals surface area contributed by atoms with E-state index in [9.17, 15) is 4.79 Å². The lowest BCUT2D eigenvalue weighted by molar-refractivity contribution is -0.128. The molecule has 0 heterocycles. The smallest absolute Gasteiger partial charge is 0.227 e. The number of aliphatic imine (C=N–C) groups is 1. The van der Waals surface area contributed by atoms with Crippen LogP contribution in [0.1, 0.15) is 65.7 Å². The van der Waals surface area contributed by atoms with Crippen LogP contribution in [0.25, 0.3) is 0 Å². The van der Waals surface area contributed by atoms with Gasteiger partial charge < -0.3 is 16.0 Å². The van der Waals surface area contributed by atoms with Gasteiger partial charge in [-0.3, -0.25) is 9.79 Å². The van der Waals surface area contributed by atoms with E-state index < -0.39 is 5.41 Å². The van der Waals surface area contributed by atoms with Crippen LogP contribution in [0, 0.1) is 5.41 Å². The summed E-state index contributed by atoms with van der Waals surface area (Å²) in [7, 11) is 3.42. The first-order chi connectivity index (χ1) is 10.5. The number of hydrogen-bond donors (Lipinski definition) is 3. The van der Waals surface area contributed by atoms with E-state index >= 15 is 0 Å². The predicted octanol–water partition coefficient (Wildman–Crippen LogP) is 3.29. The molecule has 0 aliphatic heterocycles. The van der Waals surface area contributed by atoms with Crippen molar-refractivity contribution in [1.82, 2.24) is 16.0 Å². The minimum Gasteiger partial charge on any atom is -0.359 e. The van der Waals surface area contributed by atoms with Gasteiger partial charge in [-0.2, -0.15) is 0 Å². The van der Waals surface area contributed by atoms with Gasteiger partial charge in [-0.25, -0.2) is 0 Å². The van der Waals surface area contributed by atoms with Crippen molar-refractivity contribution in [1.29, 1.82) is 0 Å². The van der Waals surface area contributed by atoms with Crippen molar-refractivity contribution in [3.63, 3.8) is 0 Å². The van der Waals surface area contributed by atoms with Crippen LogP contribution in [0.15, 0.2) is 4.99 Å². The molecule has 0 rings (SSSR count). The fourth-order valence-electron chi connectivity index (χ4n) is 2.23. The topological polar surface area (TPSA) is 65.5 Å². The van der Waals surface area contributed by atoms with Crippen molar-refractivity contribution in [2.24, 2.45) is 10.4 Å². The van der Waals surface area contributed by atoms with E-state index in [2.05, 4.69) is 27.9 Å². The zero-order chi connectivity index (χ0) is 16.8. The Morgan fingerprint density at radius 1 is 1.00 bits per heavy atom. The van der Waals surface area contributed by atoms with Gasteiger partial charge in [0.25, 0.3) is 0 Å². The Labute approximate surface area is 159 Å². The van der Waals surface area contributed by atoms with Gasteiger partial charge in [0, 0.05) is 27.2 Å². The Balaban J connectivity index is 0. The highest BCUT2D eigenvalue weighted by Gasteiger charge is 2.26. The molecule has 0 aromatic rings. The van der Waals surface area contributed by atoms with E-state index in [0.29, 0.717) is 6.54 Å². The summed E-state index contributed by atoms with van der Waals surface area (Å²) < 4.78 is 0. The van der Waals surface area contributed by atoms with Gasteiger partial charge >= 0.3 is 0 Å².